The molecule has 0 bridgehead atoms. The van der Waals surface area contributed by atoms with E-state index in [0.29, 0.717) is 30.0 Å². The third kappa shape index (κ3) is 4.83. The van der Waals surface area contributed by atoms with E-state index >= 15 is 0 Å². The van der Waals surface area contributed by atoms with E-state index in [1.807, 2.05) is 19.1 Å². The van der Waals surface area contributed by atoms with Crippen molar-refractivity contribution in [2.45, 2.75) is 37.6 Å². The summed E-state index contributed by atoms with van der Waals surface area (Å²) in [6.45, 7) is 3.18. The van der Waals surface area contributed by atoms with E-state index in [0.717, 1.165) is 24.8 Å². The summed E-state index contributed by atoms with van der Waals surface area (Å²) < 4.78 is 32.3. The second kappa shape index (κ2) is 8.99. The highest BCUT2D eigenvalue weighted by molar-refractivity contribution is 7.89. The van der Waals surface area contributed by atoms with Crippen LogP contribution in [-0.2, 0) is 16.6 Å². The standard InChI is InChI=1S/C22H24N4O4S/c1-16-5-7-18(8-6-16)22(27)23-15-20-24-21(25-30-20)17-9-11-19(12-10-17)31(28,29)26-13-3-2-4-14-26/h5-12H,2-4,13-15H2,1H3,(H,23,27). The molecule has 8 nitrogen and oxygen atoms in total. The summed E-state index contributed by atoms with van der Waals surface area (Å²) in [6, 6.07) is 13.7. The summed E-state index contributed by atoms with van der Waals surface area (Å²) in [5.74, 6) is 0.369. The first-order chi connectivity index (χ1) is 14.9. The molecule has 1 aliphatic heterocycles. The Morgan fingerprint density at radius 2 is 1.71 bits per heavy atom. The SMILES string of the molecule is Cc1ccc(C(=O)NCc2nc(-c3ccc(S(=O)(=O)N4CCCCC4)cc3)no2)cc1. The molecule has 162 valence electrons. The molecule has 31 heavy (non-hydrogen) atoms. The predicted octanol–water partition coefficient (Wildman–Crippen LogP) is 3.15. The summed E-state index contributed by atoms with van der Waals surface area (Å²) in [7, 11) is -3.48. The van der Waals surface area contributed by atoms with Crippen molar-refractivity contribution in [1.29, 1.82) is 0 Å². The molecule has 2 aromatic carbocycles. The number of sulfonamides is 1. The summed E-state index contributed by atoms with van der Waals surface area (Å²) in [4.78, 5) is 16.8. The first-order valence-corrected chi connectivity index (χ1v) is 11.7. The van der Waals surface area contributed by atoms with Gasteiger partial charge >= 0.3 is 0 Å². The minimum Gasteiger partial charge on any atom is -0.343 e. The van der Waals surface area contributed by atoms with Crippen molar-refractivity contribution in [1.82, 2.24) is 19.8 Å². The molecule has 0 atom stereocenters. The van der Waals surface area contributed by atoms with E-state index in [1.165, 1.54) is 4.31 Å². The fourth-order valence-electron chi connectivity index (χ4n) is 3.44. The third-order valence-electron chi connectivity index (χ3n) is 5.25. The van der Waals surface area contributed by atoms with E-state index in [2.05, 4.69) is 15.5 Å². The van der Waals surface area contributed by atoms with Crippen molar-refractivity contribution in [3.8, 4) is 11.4 Å². The van der Waals surface area contributed by atoms with E-state index in [-0.39, 0.29) is 23.2 Å². The first-order valence-electron chi connectivity index (χ1n) is 10.2. The summed E-state index contributed by atoms with van der Waals surface area (Å²) in [6.07, 6.45) is 2.85. The van der Waals surface area contributed by atoms with Gasteiger partial charge in [0, 0.05) is 24.2 Å². The predicted molar refractivity (Wildman–Crippen MR) is 115 cm³/mol. The second-order valence-corrected chi connectivity index (χ2v) is 9.49. The molecule has 1 amide bonds. The maximum Gasteiger partial charge on any atom is 0.251 e. The minimum atomic E-state index is -3.48. The maximum atomic E-state index is 12.8. The van der Waals surface area contributed by atoms with Gasteiger partial charge < -0.3 is 9.84 Å². The molecule has 1 fully saturated rings. The van der Waals surface area contributed by atoms with Crippen molar-refractivity contribution in [2.75, 3.05) is 13.1 Å². The number of hydrogen-bond donors (Lipinski definition) is 1. The van der Waals surface area contributed by atoms with Gasteiger partial charge in [-0.25, -0.2) is 8.42 Å². The molecule has 1 saturated heterocycles. The third-order valence-corrected chi connectivity index (χ3v) is 7.16. The van der Waals surface area contributed by atoms with Crippen molar-refractivity contribution < 1.29 is 17.7 Å². The van der Waals surface area contributed by atoms with Gasteiger partial charge in [-0.1, -0.05) is 29.3 Å². The number of aryl methyl sites for hydroxylation is 1. The molecule has 1 aliphatic rings. The summed E-state index contributed by atoms with van der Waals surface area (Å²) in [5, 5.41) is 6.68. The van der Waals surface area contributed by atoms with Gasteiger partial charge in [0.15, 0.2) is 0 Å². The average Bonchev–Trinajstić information content (AvgIpc) is 3.28. The number of nitrogens with one attached hydrogen (secondary N) is 1. The molecule has 3 aromatic rings. The molecule has 0 saturated carbocycles. The topological polar surface area (TPSA) is 105 Å². The van der Waals surface area contributed by atoms with Crippen LogP contribution in [0.2, 0.25) is 0 Å². The Morgan fingerprint density at radius 3 is 2.39 bits per heavy atom. The number of carbonyl (C=O) groups excluding carboxylic acids is 1. The van der Waals surface area contributed by atoms with E-state index < -0.39 is 10.0 Å². The highest BCUT2D eigenvalue weighted by Gasteiger charge is 2.25. The van der Waals surface area contributed by atoms with Crippen LogP contribution < -0.4 is 5.32 Å². The number of piperidine rings is 1. The monoisotopic (exact) mass is 440 g/mol. The second-order valence-electron chi connectivity index (χ2n) is 7.55. The van der Waals surface area contributed by atoms with Crippen molar-refractivity contribution >= 4 is 15.9 Å². The number of carbonyl (C=O) groups is 1. The van der Waals surface area contributed by atoms with Gasteiger partial charge in [0.05, 0.1) is 11.4 Å². The number of nitrogens with zero attached hydrogens (tertiary/aromatic N) is 3. The van der Waals surface area contributed by atoms with E-state index in [9.17, 15) is 13.2 Å². The van der Waals surface area contributed by atoms with Crippen LogP contribution in [0.25, 0.3) is 11.4 Å². The molecule has 0 radical (unpaired) electrons. The van der Waals surface area contributed by atoms with Gasteiger partial charge in [0.2, 0.25) is 21.7 Å². The zero-order valence-corrected chi connectivity index (χ0v) is 18.1. The smallest absolute Gasteiger partial charge is 0.251 e. The van der Waals surface area contributed by atoms with Crippen LogP contribution in [0.1, 0.15) is 41.1 Å². The molecule has 1 aromatic heterocycles. The molecular weight excluding hydrogens is 416 g/mol. The molecule has 0 aliphatic carbocycles. The van der Waals surface area contributed by atoms with Crippen LogP contribution in [0.5, 0.6) is 0 Å². The van der Waals surface area contributed by atoms with E-state index in [4.69, 9.17) is 4.52 Å². The minimum absolute atomic E-state index is 0.0983. The normalized spacial score (nSPS) is 15.0. The lowest BCUT2D eigenvalue weighted by Crippen LogP contribution is -2.35. The van der Waals surface area contributed by atoms with Crippen LogP contribution in [0.3, 0.4) is 0 Å². The fourth-order valence-corrected chi connectivity index (χ4v) is 4.95. The summed E-state index contributed by atoms with van der Waals surface area (Å²) in [5.41, 5.74) is 2.26. The molecular formula is C22H24N4O4S. The number of rotatable bonds is 6. The Kier molecular flexibility index (Phi) is 6.15. The van der Waals surface area contributed by atoms with Crippen molar-refractivity contribution in [2.24, 2.45) is 0 Å². The van der Waals surface area contributed by atoms with Crippen molar-refractivity contribution in [3.05, 3.63) is 65.5 Å². The molecule has 2 heterocycles. The number of hydrogen-bond acceptors (Lipinski definition) is 6. The molecule has 1 N–H and O–H groups in total. The van der Waals surface area contributed by atoms with Crippen LogP contribution in [0.4, 0.5) is 0 Å². The lowest BCUT2D eigenvalue weighted by atomic mass is 10.1. The van der Waals surface area contributed by atoms with Gasteiger partial charge in [-0.05, 0) is 56.2 Å². The number of benzene rings is 2. The Bertz CT molecular complexity index is 1150. The Labute approximate surface area is 181 Å². The van der Waals surface area contributed by atoms with Gasteiger partial charge in [0.1, 0.15) is 0 Å². The largest absolute Gasteiger partial charge is 0.343 e. The zero-order chi connectivity index (χ0) is 21.8. The van der Waals surface area contributed by atoms with Crippen LogP contribution in [0, 0.1) is 6.92 Å². The maximum absolute atomic E-state index is 12.8. The highest BCUT2D eigenvalue weighted by Crippen LogP contribution is 2.23. The first kappa shape index (κ1) is 21.2. The lowest BCUT2D eigenvalue weighted by molar-refractivity contribution is 0.0946. The average molecular weight is 441 g/mol. The highest BCUT2D eigenvalue weighted by atomic mass is 32.2. The fraction of sp³-hybridized carbons (Fsp3) is 0.318. The summed E-state index contributed by atoms with van der Waals surface area (Å²) >= 11 is 0. The molecule has 0 spiro atoms. The number of aromatic nitrogens is 2. The number of amides is 1. The Hall–Kier alpha value is -3.04. The quantitative estimate of drug-likeness (QED) is 0.631. The zero-order valence-electron chi connectivity index (χ0n) is 17.2. The Balaban J connectivity index is 1.40. The van der Waals surface area contributed by atoms with Crippen LogP contribution in [-0.4, -0.2) is 41.9 Å². The van der Waals surface area contributed by atoms with E-state index in [1.54, 1.807) is 36.4 Å². The molecule has 4 rings (SSSR count). The molecule has 9 heteroatoms. The van der Waals surface area contributed by atoms with Crippen LogP contribution >= 0.6 is 0 Å². The van der Waals surface area contributed by atoms with Crippen molar-refractivity contribution in [3.63, 3.8) is 0 Å². The van der Waals surface area contributed by atoms with Crippen LogP contribution in [0.15, 0.2) is 57.9 Å². The van der Waals surface area contributed by atoms with Gasteiger partial charge in [-0.2, -0.15) is 9.29 Å². The lowest BCUT2D eigenvalue weighted by Gasteiger charge is -2.25. The van der Waals surface area contributed by atoms with Gasteiger partial charge in [-0.3, -0.25) is 4.79 Å². The van der Waals surface area contributed by atoms with Gasteiger partial charge in [0.25, 0.3) is 5.91 Å². The Morgan fingerprint density at radius 1 is 1.03 bits per heavy atom. The van der Waals surface area contributed by atoms with Gasteiger partial charge in [-0.15, -0.1) is 0 Å². The molecule has 0 unspecified atom stereocenters.